The van der Waals surface area contributed by atoms with Gasteiger partial charge < -0.3 is 4.90 Å². The lowest BCUT2D eigenvalue weighted by atomic mass is 9.91. The Morgan fingerprint density at radius 1 is 1.32 bits per heavy atom. The molecular formula is C14H20N6O2. The maximum atomic E-state index is 11.3. The first-order valence-electron chi connectivity index (χ1n) is 7.39. The van der Waals surface area contributed by atoms with Gasteiger partial charge in [0.2, 0.25) is 5.82 Å². The van der Waals surface area contributed by atoms with Crippen LogP contribution in [-0.2, 0) is 14.1 Å². The highest BCUT2D eigenvalue weighted by Crippen LogP contribution is 2.35. The Hall–Kier alpha value is -2.38. The summed E-state index contributed by atoms with van der Waals surface area (Å²) >= 11 is 0. The van der Waals surface area contributed by atoms with Gasteiger partial charge in [-0.25, -0.2) is 4.68 Å². The van der Waals surface area contributed by atoms with Crippen molar-refractivity contribution in [2.75, 3.05) is 18.0 Å². The van der Waals surface area contributed by atoms with Crippen LogP contribution in [0.25, 0.3) is 0 Å². The molecule has 1 aliphatic rings. The van der Waals surface area contributed by atoms with E-state index in [2.05, 4.69) is 21.3 Å². The summed E-state index contributed by atoms with van der Waals surface area (Å²) in [6.45, 7) is 3.27. The largest absolute Gasteiger partial charge is 0.351 e. The first kappa shape index (κ1) is 14.6. The summed E-state index contributed by atoms with van der Waals surface area (Å²) < 4.78 is 3.44. The van der Waals surface area contributed by atoms with Crippen LogP contribution in [0.5, 0.6) is 0 Å². The van der Waals surface area contributed by atoms with Gasteiger partial charge in [0.25, 0.3) is 0 Å². The van der Waals surface area contributed by atoms with Crippen molar-refractivity contribution in [1.82, 2.24) is 19.6 Å². The Bertz CT molecular complexity index is 696. The zero-order valence-electron chi connectivity index (χ0n) is 13.1. The number of hydrogen-bond acceptors (Lipinski definition) is 5. The summed E-state index contributed by atoms with van der Waals surface area (Å²) in [5, 5.41) is 19.7. The van der Waals surface area contributed by atoms with Crippen molar-refractivity contribution in [2.24, 2.45) is 14.1 Å². The van der Waals surface area contributed by atoms with Gasteiger partial charge in [-0.3, -0.25) is 14.8 Å². The van der Waals surface area contributed by atoms with Gasteiger partial charge in [-0.15, -0.1) is 0 Å². The predicted molar refractivity (Wildman–Crippen MR) is 82.0 cm³/mol. The highest BCUT2D eigenvalue weighted by atomic mass is 16.6. The Balaban J connectivity index is 1.78. The number of rotatable bonds is 3. The molecule has 0 spiro atoms. The third-order valence-electron chi connectivity index (χ3n) is 4.33. The van der Waals surface area contributed by atoms with E-state index in [4.69, 9.17) is 0 Å². The van der Waals surface area contributed by atoms with Crippen LogP contribution in [0.1, 0.15) is 30.0 Å². The average Bonchev–Trinajstić information content (AvgIpc) is 3.02. The van der Waals surface area contributed by atoms with E-state index in [1.54, 1.807) is 18.7 Å². The van der Waals surface area contributed by atoms with E-state index in [1.807, 2.05) is 17.9 Å². The number of hydrogen-bond donors (Lipinski definition) is 0. The quantitative estimate of drug-likeness (QED) is 0.637. The topological polar surface area (TPSA) is 82.0 Å². The number of aryl methyl sites for hydroxylation is 3. The molecule has 3 heterocycles. The van der Waals surface area contributed by atoms with Gasteiger partial charge >= 0.3 is 5.69 Å². The molecule has 0 radical (unpaired) electrons. The lowest BCUT2D eigenvalue weighted by Crippen LogP contribution is -2.34. The van der Waals surface area contributed by atoms with Crippen LogP contribution < -0.4 is 4.90 Å². The number of anilines is 1. The molecule has 118 valence electrons. The van der Waals surface area contributed by atoms with Crippen LogP contribution in [0.2, 0.25) is 0 Å². The second-order valence-electron chi connectivity index (χ2n) is 5.85. The highest BCUT2D eigenvalue weighted by molar-refractivity contribution is 5.61. The Kier molecular flexibility index (Phi) is 3.59. The number of nitrogens with zero attached hydrogens (tertiary/aromatic N) is 6. The van der Waals surface area contributed by atoms with Crippen molar-refractivity contribution in [3.8, 4) is 0 Å². The average molecular weight is 304 g/mol. The molecule has 22 heavy (non-hydrogen) atoms. The summed E-state index contributed by atoms with van der Waals surface area (Å²) in [7, 11) is 3.68. The molecule has 8 heteroatoms. The minimum Gasteiger partial charge on any atom is -0.351 e. The molecule has 8 nitrogen and oxygen atoms in total. The molecule has 1 aliphatic heterocycles. The van der Waals surface area contributed by atoms with E-state index in [1.165, 1.54) is 5.56 Å². The Labute approximate surface area is 128 Å². The molecule has 0 aromatic carbocycles. The van der Waals surface area contributed by atoms with E-state index in [-0.39, 0.29) is 10.6 Å². The van der Waals surface area contributed by atoms with Crippen LogP contribution in [0.15, 0.2) is 12.4 Å². The molecule has 0 N–H and O–H groups in total. The smallest absolute Gasteiger partial charge is 0.333 e. The summed E-state index contributed by atoms with van der Waals surface area (Å²) in [5.74, 6) is 1.09. The molecule has 2 aromatic rings. The molecule has 0 saturated carbocycles. The fraction of sp³-hybridized carbons (Fsp3) is 0.571. The first-order valence-corrected chi connectivity index (χ1v) is 7.39. The molecule has 0 bridgehead atoms. The molecule has 0 unspecified atom stereocenters. The summed E-state index contributed by atoms with van der Waals surface area (Å²) in [6.07, 6.45) is 5.90. The van der Waals surface area contributed by atoms with Crippen molar-refractivity contribution in [2.45, 2.75) is 25.7 Å². The molecule has 3 rings (SSSR count). The number of aromatic nitrogens is 4. The van der Waals surface area contributed by atoms with Gasteiger partial charge in [-0.2, -0.15) is 10.2 Å². The maximum absolute atomic E-state index is 11.3. The number of piperidine rings is 1. The van der Waals surface area contributed by atoms with Crippen molar-refractivity contribution in [3.63, 3.8) is 0 Å². The standard InChI is InChI=1S/C14H20N6O2/c1-10-13(20(21)22)14(18(3)16-10)19-6-4-11(5-7-19)12-8-15-17(2)9-12/h8-9,11H,4-7H2,1-3H3. The monoisotopic (exact) mass is 304 g/mol. The SMILES string of the molecule is Cc1nn(C)c(N2CCC(c3cnn(C)c3)CC2)c1[N+](=O)[O-]. The van der Waals surface area contributed by atoms with Gasteiger partial charge in [-0.05, 0) is 31.2 Å². The van der Waals surface area contributed by atoms with E-state index < -0.39 is 0 Å². The molecular weight excluding hydrogens is 284 g/mol. The fourth-order valence-corrected chi connectivity index (χ4v) is 3.28. The minimum absolute atomic E-state index is 0.127. The third kappa shape index (κ3) is 2.44. The molecule has 0 atom stereocenters. The molecule has 0 aliphatic carbocycles. The predicted octanol–water partition coefficient (Wildman–Crippen LogP) is 1.75. The molecule has 0 amide bonds. The normalized spacial score (nSPS) is 16.2. The summed E-state index contributed by atoms with van der Waals surface area (Å²) in [4.78, 5) is 13.0. The van der Waals surface area contributed by atoms with Crippen LogP contribution in [0, 0.1) is 17.0 Å². The number of nitro groups is 1. The molecule has 2 aromatic heterocycles. The van der Waals surface area contributed by atoms with Gasteiger partial charge in [0.1, 0.15) is 5.69 Å². The first-order chi connectivity index (χ1) is 10.5. The molecule has 1 fully saturated rings. The van der Waals surface area contributed by atoms with Gasteiger partial charge in [-0.1, -0.05) is 0 Å². The summed E-state index contributed by atoms with van der Waals surface area (Å²) in [6, 6.07) is 0. The van der Waals surface area contributed by atoms with Crippen molar-refractivity contribution >= 4 is 11.5 Å². The van der Waals surface area contributed by atoms with E-state index in [0.29, 0.717) is 17.4 Å². The van der Waals surface area contributed by atoms with Crippen molar-refractivity contribution in [1.29, 1.82) is 0 Å². The lowest BCUT2D eigenvalue weighted by molar-refractivity contribution is -0.384. The van der Waals surface area contributed by atoms with E-state index in [9.17, 15) is 10.1 Å². The Morgan fingerprint density at radius 2 is 2.00 bits per heavy atom. The molecule has 1 saturated heterocycles. The zero-order chi connectivity index (χ0) is 15.9. The minimum atomic E-state index is -0.329. The van der Waals surface area contributed by atoms with E-state index in [0.717, 1.165) is 25.9 Å². The van der Waals surface area contributed by atoms with Gasteiger partial charge in [0.05, 0.1) is 11.1 Å². The zero-order valence-corrected chi connectivity index (χ0v) is 13.1. The van der Waals surface area contributed by atoms with E-state index >= 15 is 0 Å². The van der Waals surface area contributed by atoms with Gasteiger partial charge in [0.15, 0.2) is 0 Å². The Morgan fingerprint density at radius 3 is 2.55 bits per heavy atom. The van der Waals surface area contributed by atoms with Crippen LogP contribution in [-0.4, -0.2) is 37.6 Å². The van der Waals surface area contributed by atoms with Crippen molar-refractivity contribution in [3.05, 3.63) is 33.8 Å². The van der Waals surface area contributed by atoms with Crippen LogP contribution >= 0.6 is 0 Å². The lowest BCUT2D eigenvalue weighted by Gasteiger charge is -2.32. The van der Waals surface area contributed by atoms with Crippen molar-refractivity contribution < 1.29 is 4.92 Å². The second-order valence-corrected chi connectivity index (χ2v) is 5.85. The highest BCUT2D eigenvalue weighted by Gasteiger charge is 2.31. The fourth-order valence-electron chi connectivity index (χ4n) is 3.28. The second kappa shape index (κ2) is 5.43. The van der Waals surface area contributed by atoms with Gasteiger partial charge in [0, 0.05) is 33.4 Å². The maximum Gasteiger partial charge on any atom is 0.333 e. The van der Waals surface area contributed by atoms with Crippen LogP contribution in [0.3, 0.4) is 0 Å². The third-order valence-corrected chi connectivity index (χ3v) is 4.33. The summed E-state index contributed by atoms with van der Waals surface area (Å²) in [5.41, 5.74) is 1.84. The van der Waals surface area contributed by atoms with Crippen LogP contribution in [0.4, 0.5) is 11.5 Å².